The second-order valence-electron chi connectivity index (χ2n) is 4.71. The Morgan fingerprint density at radius 2 is 1.95 bits per heavy atom. The predicted molar refractivity (Wildman–Crippen MR) is 76.7 cm³/mol. The van der Waals surface area contributed by atoms with Crippen LogP contribution in [0.25, 0.3) is 0 Å². The first-order valence-electron chi connectivity index (χ1n) is 6.82. The minimum absolute atomic E-state index is 0.0759. The Kier molecular flexibility index (Phi) is 4.68. The van der Waals surface area contributed by atoms with Crippen LogP contribution in [0.1, 0.15) is 44.2 Å². The van der Waals surface area contributed by atoms with Crippen LogP contribution in [-0.2, 0) is 0 Å². The number of methoxy groups -OCH3 is 1. The number of hydrogen-bond donors (Lipinski definition) is 1. The Morgan fingerprint density at radius 3 is 2.55 bits per heavy atom. The second kappa shape index (κ2) is 6.47. The van der Waals surface area contributed by atoms with E-state index in [0.717, 1.165) is 23.7 Å². The third-order valence-electron chi connectivity index (χ3n) is 3.38. The van der Waals surface area contributed by atoms with Crippen molar-refractivity contribution in [1.29, 1.82) is 0 Å². The minimum Gasteiger partial charge on any atom is -0.497 e. The molecule has 0 bridgehead atoms. The fourth-order valence-corrected chi connectivity index (χ4v) is 2.18. The molecule has 1 aromatic carbocycles. The molecule has 0 spiro atoms. The highest BCUT2D eigenvalue weighted by molar-refractivity contribution is 5.29. The summed E-state index contributed by atoms with van der Waals surface area (Å²) < 4.78 is 7.03. The zero-order valence-corrected chi connectivity index (χ0v) is 12.4. The van der Waals surface area contributed by atoms with Gasteiger partial charge >= 0.3 is 0 Å². The summed E-state index contributed by atoms with van der Waals surface area (Å²) in [5.41, 5.74) is 1.14. The first-order valence-corrected chi connectivity index (χ1v) is 6.82. The lowest BCUT2D eigenvalue weighted by Crippen LogP contribution is -2.23. The molecule has 0 aliphatic rings. The Balaban J connectivity index is 2.24. The van der Waals surface area contributed by atoms with Crippen molar-refractivity contribution in [1.82, 2.24) is 25.5 Å². The average molecular weight is 275 g/mol. The molecule has 20 heavy (non-hydrogen) atoms. The van der Waals surface area contributed by atoms with Gasteiger partial charge in [-0.2, -0.15) is 0 Å². The van der Waals surface area contributed by atoms with Gasteiger partial charge in [-0.1, -0.05) is 19.1 Å². The van der Waals surface area contributed by atoms with Gasteiger partial charge in [0.25, 0.3) is 0 Å². The van der Waals surface area contributed by atoms with E-state index in [1.165, 1.54) is 0 Å². The maximum Gasteiger partial charge on any atom is 0.168 e. The number of ether oxygens (including phenoxy) is 1. The molecule has 0 aliphatic carbocycles. The summed E-state index contributed by atoms with van der Waals surface area (Å²) in [5, 5.41) is 15.4. The molecule has 108 valence electrons. The van der Waals surface area contributed by atoms with Gasteiger partial charge in [-0.3, -0.25) is 0 Å². The zero-order chi connectivity index (χ0) is 14.5. The van der Waals surface area contributed by atoms with E-state index in [-0.39, 0.29) is 12.1 Å². The number of tetrazole rings is 1. The van der Waals surface area contributed by atoms with Crippen LogP contribution in [0.2, 0.25) is 0 Å². The van der Waals surface area contributed by atoms with Gasteiger partial charge < -0.3 is 10.1 Å². The predicted octanol–water partition coefficient (Wildman–Crippen LogP) is 1.96. The van der Waals surface area contributed by atoms with Crippen LogP contribution in [0.3, 0.4) is 0 Å². The van der Waals surface area contributed by atoms with Gasteiger partial charge in [-0.15, -0.1) is 5.10 Å². The highest BCUT2D eigenvalue weighted by Gasteiger charge is 2.18. The molecule has 0 aliphatic heterocycles. The third-order valence-corrected chi connectivity index (χ3v) is 3.38. The summed E-state index contributed by atoms with van der Waals surface area (Å²) in [7, 11) is 1.66. The first-order chi connectivity index (χ1) is 9.67. The molecule has 0 fully saturated rings. The van der Waals surface area contributed by atoms with Gasteiger partial charge in [0.15, 0.2) is 5.82 Å². The van der Waals surface area contributed by atoms with Crippen LogP contribution in [0.5, 0.6) is 5.75 Å². The molecule has 6 heteroatoms. The monoisotopic (exact) mass is 275 g/mol. The molecular formula is C14H21N5O. The molecular weight excluding hydrogens is 254 g/mol. The van der Waals surface area contributed by atoms with Crippen molar-refractivity contribution in [3.8, 4) is 5.75 Å². The summed E-state index contributed by atoms with van der Waals surface area (Å²) in [6.45, 7) is 7.09. The summed E-state index contributed by atoms with van der Waals surface area (Å²) in [4.78, 5) is 0. The molecule has 2 atom stereocenters. The van der Waals surface area contributed by atoms with Crippen molar-refractivity contribution in [2.75, 3.05) is 13.7 Å². The maximum absolute atomic E-state index is 5.18. The van der Waals surface area contributed by atoms with Crippen molar-refractivity contribution < 1.29 is 4.74 Å². The Labute approximate surface area is 119 Å². The molecule has 1 N–H and O–H groups in total. The van der Waals surface area contributed by atoms with Crippen LogP contribution < -0.4 is 10.1 Å². The number of hydrogen-bond acceptors (Lipinski definition) is 5. The first kappa shape index (κ1) is 14.5. The number of rotatable bonds is 6. The SMILES string of the molecule is CCNC(C)c1nnnn1C(C)c1ccc(OC)cc1. The molecule has 6 nitrogen and oxygen atoms in total. The van der Waals surface area contributed by atoms with E-state index in [0.29, 0.717) is 0 Å². The van der Waals surface area contributed by atoms with E-state index < -0.39 is 0 Å². The zero-order valence-electron chi connectivity index (χ0n) is 12.4. The van der Waals surface area contributed by atoms with Crippen molar-refractivity contribution in [3.63, 3.8) is 0 Å². The number of nitrogens with zero attached hydrogens (tertiary/aromatic N) is 4. The van der Waals surface area contributed by atoms with Gasteiger partial charge in [0.1, 0.15) is 5.75 Å². The highest BCUT2D eigenvalue weighted by atomic mass is 16.5. The van der Waals surface area contributed by atoms with E-state index in [2.05, 4.69) is 41.6 Å². The normalized spacial score (nSPS) is 14.0. The van der Waals surface area contributed by atoms with Gasteiger partial charge in [-0.25, -0.2) is 4.68 Å². The largest absolute Gasteiger partial charge is 0.497 e. The van der Waals surface area contributed by atoms with Crippen molar-refractivity contribution in [2.45, 2.75) is 32.9 Å². The van der Waals surface area contributed by atoms with Crippen LogP contribution in [0.15, 0.2) is 24.3 Å². The topological polar surface area (TPSA) is 64.9 Å². The molecule has 1 aromatic heterocycles. The van der Waals surface area contributed by atoms with Crippen molar-refractivity contribution >= 4 is 0 Å². The van der Waals surface area contributed by atoms with E-state index in [1.807, 2.05) is 28.9 Å². The number of aromatic nitrogens is 4. The van der Waals surface area contributed by atoms with Crippen molar-refractivity contribution in [2.24, 2.45) is 0 Å². The van der Waals surface area contributed by atoms with Gasteiger partial charge in [0, 0.05) is 0 Å². The van der Waals surface area contributed by atoms with Crippen LogP contribution in [0, 0.1) is 0 Å². The summed E-state index contributed by atoms with van der Waals surface area (Å²) in [5.74, 6) is 1.69. The highest BCUT2D eigenvalue weighted by Crippen LogP contribution is 2.22. The number of nitrogens with one attached hydrogen (secondary N) is 1. The minimum atomic E-state index is 0.0759. The molecule has 0 saturated heterocycles. The summed E-state index contributed by atoms with van der Waals surface area (Å²) in [6.07, 6.45) is 0. The summed E-state index contributed by atoms with van der Waals surface area (Å²) in [6, 6.07) is 8.16. The molecule has 2 unspecified atom stereocenters. The quantitative estimate of drug-likeness (QED) is 0.873. The van der Waals surface area contributed by atoms with E-state index >= 15 is 0 Å². The van der Waals surface area contributed by atoms with Crippen LogP contribution in [-0.4, -0.2) is 33.9 Å². The molecule has 2 rings (SSSR count). The van der Waals surface area contributed by atoms with Gasteiger partial charge in [-0.05, 0) is 48.5 Å². The maximum atomic E-state index is 5.18. The van der Waals surface area contributed by atoms with Gasteiger partial charge in [0.05, 0.1) is 19.2 Å². The standard InChI is InChI=1S/C14H21N5O/c1-5-15-10(2)14-16-17-18-19(14)11(3)12-6-8-13(20-4)9-7-12/h6-11,15H,5H2,1-4H3. The lowest BCUT2D eigenvalue weighted by molar-refractivity contribution is 0.414. The fraction of sp³-hybridized carbons (Fsp3) is 0.500. The smallest absolute Gasteiger partial charge is 0.168 e. The second-order valence-corrected chi connectivity index (χ2v) is 4.71. The lowest BCUT2D eigenvalue weighted by Gasteiger charge is -2.17. The van der Waals surface area contributed by atoms with Gasteiger partial charge in [0.2, 0.25) is 0 Å². The molecule has 1 heterocycles. The molecule has 2 aromatic rings. The Morgan fingerprint density at radius 1 is 1.25 bits per heavy atom. The van der Waals surface area contributed by atoms with Crippen molar-refractivity contribution in [3.05, 3.63) is 35.7 Å². The van der Waals surface area contributed by atoms with E-state index in [4.69, 9.17) is 4.74 Å². The third kappa shape index (κ3) is 2.96. The Bertz CT molecular complexity index is 537. The molecule has 0 amide bonds. The van der Waals surface area contributed by atoms with Crippen LogP contribution in [0.4, 0.5) is 0 Å². The summed E-state index contributed by atoms with van der Waals surface area (Å²) >= 11 is 0. The lowest BCUT2D eigenvalue weighted by atomic mass is 10.1. The van der Waals surface area contributed by atoms with E-state index in [1.54, 1.807) is 7.11 Å². The fourth-order valence-electron chi connectivity index (χ4n) is 2.18. The van der Waals surface area contributed by atoms with Crippen LogP contribution >= 0.6 is 0 Å². The molecule has 0 saturated carbocycles. The number of benzene rings is 1. The Hall–Kier alpha value is -1.95. The average Bonchev–Trinajstić information content (AvgIpc) is 2.96. The van der Waals surface area contributed by atoms with E-state index in [9.17, 15) is 0 Å². The molecule has 0 radical (unpaired) electrons.